The predicted octanol–water partition coefficient (Wildman–Crippen LogP) is 2.00. The normalized spacial score (nSPS) is 12.0. The number of carbonyl (C=O) groups excluding carboxylic acids is 1. The summed E-state index contributed by atoms with van der Waals surface area (Å²) in [5.74, 6) is 0.896. The van der Waals surface area contributed by atoms with Crippen molar-refractivity contribution in [3.8, 4) is 11.4 Å². The minimum atomic E-state index is -0.432. The van der Waals surface area contributed by atoms with Crippen LogP contribution in [0.4, 0.5) is 4.79 Å². The summed E-state index contributed by atoms with van der Waals surface area (Å²) in [7, 11) is 0. The first-order chi connectivity index (χ1) is 11.0. The Balaban J connectivity index is 1.76. The van der Waals surface area contributed by atoms with Gasteiger partial charge in [0, 0.05) is 30.1 Å². The Morgan fingerprint density at radius 3 is 2.91 bits per heavy atom. The molecule has 1 atom stereocenters. The first-order valence-electron chi connectivity index (χ1n) is 7.33. The number of aliphatic hydroxyl groups excluding tert-OH is 1. The smallest absolute Gasteiger partial charge is 0.314 e. The van der Waals surface area contributed by atoms with Gasteiger partial charge >= 0.3 is 6.03 Å². The van der Waals surface area contributed by atoms with E-state index in [-0.39, 0.29) is 6.03 Å². The molecule has 1 aromatic heterocycles. The van der Waals surface area contributed by atoms with Crippen molar-refractivity contribution in [2.45, 2.75) is 25.9 Å². The monoisotopic (exact) mass is 338 g/mol. The molecule has 7 nitrogen and oxygen atoms in total. The Morgan fingerprint density at radius 1 is 1.39 bits per heavy atom. The lowest BCUT2D eigenvalue weighted by atomic mass is 10.2. The SMILES string of the molecule is CC(O)CCNC(=O)NCCc1nc(-c2cccc(Cl)c2)no1. The first kappa shape index (κ1) is 17.2. The molecular weight excluding hydrogens is 320 g/mol. The number of benzene rings is 1. The first-order valence-corrected chi connectivity index (χ1v) is 7.70. The molecule has 0 aliphatic carbocycles. The van der Waals surface area contributed by atoms with Crippen LogP contribution in [0.1, 0.15) is 19.2 Å². The van der Waals surface area contributed by atoms with E-state index < -0.39 is 6.10 Å². The van der Waals surface area contributed by atoms with E-state index in [0.717, 1.165) is 5.56 Å². The molecule has 1 heterocycles. The lowest BCUT2D eigenvalue weighted by Crippen LogP contribution is -2.37. The van der Waals surface area contributed by atoms with Crippen LogP contribution in [-0.4, -0.2) is 40.5 Å². The number of nitrogens with zero attached hydrogens (tertiary/aromatic N) is 2. The number of carbonyl (C=O) groups is 1. The predicted molar refractivity (Wildman–Crippen MR) is 86.1 cm³/mol. The second-order valence-corrected chi connectivity index (χ2v) is 5.53. The van der Waals surface area contributed by atoms with Gasteiger partial charge in [-0.05, 0) is 25.5 Å². The number of hydrogen-bond acceptors (Lipinski definition) is 5. The van der Waals surface area contributed by atoms with Crippen LogP contribution in [0.3, 0.4) is 0 Å². The molecule has 1 aromatic carbocycles. The minimum Gasteiger partial charge on any atom is -0.393 e. The van der Waals surface area contributed by atoms with E-state index >= 15 is 0 Å². The fraction of sp³-hybridized carbons (Fsp3) is 0.400. The van der Waals surface area contributed by atoms with Crippen LogP contribution >= 0.6 is 11.6 Å². The van der Waals surface area contributed by atoms with Gasteiger partial charge in [0.2, 0.25) is 11.7 Å². The quantitative estimate of drug-likeness (QED) is 0.717. The van der Waals surface area contributed by atoms with Gasteiger partial charge in [-0.2, -0.15) is 4.98 Å². The van der Waals surface area contributed by atoms with E-state index in [4.69, 9.17) is 21.2 Å². The largest absolute Gasteiger partial charge is 0.393 e. The van der Waals surface area contributed by atoms with Crippen LogP contribution < -0.4 is 10.6 Å². The summed E-state index contributed by atoms with van der Waals surface area (Å²) < 4.78 is 5.14. The van der Waals surface area contributed by atoms with Gasteiger partial charge < -0.3 is 20.3 Å². The lowest BCUT2D eigenvalue weighted by Gasteiger charge is -2.07. The number of halogens is 1. The molecule has 0 saturated carbocycles. The van der Waals surface area contributed by atoms with E-state index in [2.05, 4.69) is 20.8 Å². The number of aliphatic hydroxyl groups is 1. The highest BCUT2D eigenvalue weighted by atomic mass is 35.5. The molecular formula is C15H19ClN4O3. The molecule has 2 rings (SSSR count). The Bertz CT molecular complexity index is 645. The molecule has 2 aromatic rings. The van der Waals surface area contributed by atoms with Crippen LogP contribution in [0, 0.1) is 0 Å². The third-order valence-corrected chi connectivity index (χ3v) is 3.26. The summed E-state index contributed by atoms with van der Waals surface area (Å²) in [6, 6.07) is 6.89. The zero-order valence-electron chi connectivity index (χ0n) is 12.8. The van der Waals surface area contributed by atoms with Gasteiger partial charge in [0.15, 0.2) is 0 Å². The molecule has 124 valence electrons. The summed E-state index contributed by atoms with van der Waals surface area (Å²) >= 11 is 5.92. The van der Waals surface area contributed by atoms with Crippen LogP contribution in [0.15, 0.2) is 28.8 Å². The van der Waals surface area contributed by atoms with Crippen molar-refractivity contribution in [3.63, 3.8) is 0 Å². The fourth-order valence-corrected chi connectivity index (χ4v) is 2.03. The van der Waals surface area contributed by atoms with Crippen LogP contribution in [0.25, 0.3) is 11.4 Å². The van der Waals surface area contributed by atoms with Crippen molar-refractivity contribution in [2.75, 3.05) is 13.1 Å². The molecule has 0 aliphatic heterocycles. The van der Waals surface area contributed by atoms with Gasteiger partial charge in [-0.25, -0.2) is 4.79 Å². The number of urea groups is 1. The summed E-state index contributed by atoms with van der Waals surface area (Å²) in [6.45, 7) is 2.47. The lowest BCUT2D eigenvalue weighted by molar-refractivity contribution is 0.183. The number of amides is 2. The van der Waals surface area contributed by atoms with E-state index in [1.54, 1.807) is 19.1 Å². The zero-order valence-corrected chi connectivity index (χ0v) is 13.5. The van der Waals surface area contributed by atoms with E-state index in [1.807, 2.05) is 12.1 Å². The van der Waals surface area contributed by atoms with E-state index in [0.29, 0.717) is 42.7 Å². The van der Waals surface area contributed by atoms with Crippen molar-refractivity contribution in [3.05, 3.63) is 35.2 Å². The van der Waals surface area contributed by atoms with Gasteiger partial charge in [0.1, 0.15) is 0 Å². The number of rotatable bonds is 7. The highest BCUT2D eigenvalue weighted by molar-refractivity contribution is 6.30. The molecule has 0 radical (unpaired) electrons. The number of hydrogen-bond donors (Lipinski definition) is 3. The highest BCUT2D eigenvalue weighted by Crippen LogP contribution is 2.19. The highest BCUT2D eigenvalue weighted by Gasteiger charge is 2.09. The molecule has 8 heteroatoms. The standard InChI is InChI=1S/C15H19ClN4O3/c1-10(21)5-7-17-15(22)18-8-6-13-19-14(20-23-13)11-3-2-4-12(16)9-11/h2-4,9-10,21H,5-8H2,1H3,(H2,17,18,22). The second-order valence-electron chi connectivity index (χ2n) is 5.09. The number of nitrogens with one attached hydrogen (secondary N) is 2. The molecule has 3 N–H and O–H groups in total. The maximum absolute atomic E-state index is 11.5. The van der Waals surface area contributed by atoms with Gasteiger partial charge in [0.25, 0.3) is 0 Å². The third kappa shape index (κ3) is 5.88. The molecule has 0 fully saturated rings. The van der Waals surface area contributed by atoms with Crippen LogP contribution in [0.5, 0.6) is 0 Å². The van der Waals surface area contributed by atoms with Crippen molar-refractivity contribution in [1.82, 2.24) is 20.8 Å². The average Bonchev–Trinajstić information content (AvgIpc) is 2.96. The Hall–Kier alpha value is -2.12. The molecule has 23 heavy (non-hydrogen) atoms. The Kier molecular flexibility index (Phi) is 6.37. The van der Waals surface area contributed by atoms with Crippen molar-refractivity contribution < 1.29 is 14.4 Å². The molecule has 0 bridgehead atoms. The van der Waals surface area contributed by atoms with E-state index in [1.165, 1.54) is 0 Å². The molecule has 0 saturated heterocycles. The van der Waals surface area contributed by atoms with Gasteiger partial charge in [-0.15, -0.1) is 0 Å². The molecule has 1 unspecified atom stereocenters. The molecule has 2 amide bonds. The van der Waals surface area contributed by atoms with Crippen molar-refractivity contribution >= 4 is 17.6 Å². The van der Waals surface area contributed by atoms with Gasteiger partial charge in [-0.1, -0.05) is 28.9 Å². The van der Waals surface area contributed by atoms with Gasteiger partial charge in [0.05, 0.1) is 6.10 Å². The topological polar surface area (TPSA) is 100 Å². The zero-order chi connectivity index (χ0) is 16.7. The summed E-state index contributed by atoms with van der Waals surface area (Å²) in [4.78, 5) is 15.8. The third-order valence-electron chi connectivity index (χ3n) is 3.02. The summed E-state index contributed by atoms with van der Waals surface area (Å²) in [6.07, 6.45) is 0.510. The summed E-state index contributed by atoms with van der Waals surface area (Å²) in [5, 5.41) is 18.9. The van der Waals surface area contributed by atoms with Gasteiger partial charge in [-0.3, -0.25) is 0 Å². The van der Waals surface area contributed by atoms with Crippen molar-refractivity contribution in [1.29, 1.82) is 0 Å². The van der Waals surface area contributed by atoms with Crippen molar-refractivity contribution in [2.24, 2.45) is 0 Å². The van der Waals surface area contributed by atoms with Crippen LogP contribution in [-0.2, 0) is 6.42 Å². The maximum atomic E-state index is 11.5. The minimum absolute atomic E-state index is 0.291. The number of aromatic nitrogens is 2. The molecule has 0 aliphatic rings. The average molecular weight is 339 g/mol. The Morgan fingerprint density at radius 2 is 2.17 bits per heavy atom. The Labute approximate surface area is 139 Å². The molecule has 0 spiro atoms. The summed E-state index contributed by atoms with van der Waals surface area (Å²) in [5.41, 5.74) is 0.774. The fourth-order valence-electron chi connectivity index (χ4n) is 1.84. The van der Waals surface area contributed by atoms with Crippen LogP contribution in [0.2, 0.25) is 5.02 Å². The van der Waals surface area contributed by atoms with E-state index in [9.17, 15) is 4.79 Å². The second kappa shape index (κ2) is 8.50. The maximum Gasteiger partial charge on any atom is 0.314 e.